The minimum atomic E-state index is -4.64. The number of para-hydroxylation sites is 1. The Hall–Kier alpha value is -2.74. The maximum Gasteiger partial charge on any atom is 0.417 e. The molecule has 29 heavy (non-hydrogen) atoms. The van der Waals surface area contributed by atoms with Crippen molar-refractivity contribution in [3.63, 3.8) is 0 Å². The minimum absolute atomic E-state index is 0.0700. The zero-order valence-corrected chi connectivity index (χ0v) is 16.8. The third-order valence-electron chi connectivity index (χ3n) is 4.11. The molecule has 0 heterocycles. The molecule has 0 aliphatic carbocycles. The first-order valence-corrected chi connectivity index (χ1v) is 8.96. The standard InChI is InChI=1S/C20H20ClF3N2O3/c1-12-5-4-6-13(2)19(12)29-11-18(28)26(3)10-17(27)25-14-7-8-16(21)15(9-14)20(22,23)24/h4-9H,10-11H2,1-3H3,(H,25,27). The van der Waals surface area contributed by atoms with Crippen LogP contribution >= 0.6 is 11.6 Å². The van der Waals surface area contributed by atoms with Crippen LogP contribution in [0.5, 0.6) is 5.75 Å². The molecule has 0 unspecified atom stereocenters. The number of hydrogen-bond donors (Lipinski definition) is 1. The summed E-state index contributed by atoms with van der Waals surface area (Å²) in [4.78, 5) is 25.4. The Morgan fingerprint density at radius 3 is 2.34 bits per heavy atom. The van der Waals surface area contributed by atoms with Crippen LogP contribution in [0, 0.1) is 13.8 Å². The first kappa shape index (κ1) is 22.5. The summed E-state index contributed by atoms with van der Waals surface area (Å²) >= 11 is 5.55. The van der Waals surface area contributed by atoms with Crippen LogP contribution in [0.1, 0.15) is 16.7 Å². The van der Waals surface area contributed by atoms with E-state index >= 15 is 0 Å². The number of amides is 2. The predicted octanol–water partition coefficient (Wildman–Crippen LogP) is 4.45. The van der Waals surface area contributed by atoms with Crippen molar-refractivity contribution in [2.45, 2.75) is 20.0 Å². The second kappa shape index (κ2) is 9.17. The van der Waals surface area contributed by atoms with Crippen LogP contribution in [0.2, 0.25) is 5.02 Å². The molecule has 0 radical (unpaired) electrons. The summed E-state index contributed by atoms with van der Waals surface area (Å²) in [6, 6.07) is 8.62. The monoisotopic (exact) mass is 428 g/mol. The van der Waals surface area contributed by atoms with Gasteiger partial charge in [0.25, 0.3) is 5.91 Å². The topological polar surface area (TPSA) is 58.6 Å². The Labute approximate surface area is 171 Å². The van der Waals surface area contributed by atoms with E-state index in [1.54, 1.807) is 0 Å². The Kier molecular flexibility index (Phi) is 7.13. The first-order valence-electron chi connectivity index (χ1n) is 8.58. The molecule has 0 atom stereocenters. The third kappa shape index (κ3) is 6.12. The maximum atomic E-state index is 12.9. The van der Waals surface area contributed by atoms with Gasteiger partial charge in [-0.05, 0) is 43.2 Å². The number of carbonyl (C=O) groups excluding carboxylic acids is 2. The van der Waals surface area contributed by atoms with Gasteiger partial charge in [0.2, 0.25) is 5.91 Å². The Morgan fingerprint density at radius 1 is 1.14 bits per heavy atom. The number of nitrogens with one attached hydrogen (secondary N) is 1. The van der Waals surface area contributed by atoms with E-state index in [9.17, 15) is 22.8 Å². The van der Waals surface area contributed by atoms with Gasteiger partial charge >= 0.3 is 6.18 Å². The van der Waals surface area contributed by atoms with E-state index in [2.05, 4.69) is 5.32 Å². The molecule has 2 amide bonds. The van der Waals surface area contributed by atoms with Gasteiger partial charge in [0.1, 0.15) is 5.75 Å². The SMILES string of the molecule is Cc1cccc(C)c1OCC(=O)N(C)CC(=O)Nc1ccc(Cl)c(C(F)(F)F)c1. The number of rotatable bonds is 6. The number of benzene rings is 2. The number of carbonyl (C=O) groups is 2. The molecule has 0 saturated carbocycles. The van der Waals surface area contributed by atoms with Crippen molar-refractivity contribution in [1.82, 2.24) is 4.90 Å². The lowest BCUT2D eigenvalue weighted by atomic mass is 10.1. The van der Waals surface area contributed by atoms with Crippen LogP contribution < -0.4 is 10.1 Å². The summed E-state index contributed by atoms with van der Waals surface area (Å²) in [5.74, 6) is -0.502. The molecule has 1 N–H and O–H groups in total. The lowest BCUT2D eigenvalue weighted by Crippen LogP contribution is -2.37. The van der Waals surface area contributed by atoms with Crippen molar-refractivity contribution in [2.75, 3.05) is 25.5 Å². The van der Waals surface area contributed by atoms with Gasteiger partial charge in [-0.2, -0.15) is 13.2 Å². The number of alkyl halides is 3. The molecule has 0 saturated heterocycles. The normalized spacial score (nSPS) is 11.1. The molecule has 0 aliphatic heterocycles. The van der Waals surface area contributed by atoms with Gasteiger partial charge in [-0.25, -0.2) is 0 Å². The molecule has 0 fully saturated rings. The van der Waals surface area contributed by atoms with E-state index in [1.165, 1.54) is 13.1 Å². The van der Waals surface area contributed by atoms with Crippen LogP contribution in [0.3, 0.4) is 0 Å². The molecular formula is C20H20ClF3N2O3. The van der Waals surface area contributed by atoms with Crippen LogP contribution in [-0.4, -0.2) is 36.9 Å². The van der Waals surface area contributed by atoms with E-state index < -0.39 is 28.6 Å². The van der Waals surface area contributed by atoms with Crippen LogP contribution in [-0.2, 0) is 15.8 Å². The highest BCUT2D eigenvalue weighted by molar-refractivity contribution is 6.31. The quantitative estimate of drug-likeness (QED) is 0.739. The lowest BCUT2D eigenvalue weighted by molar-refractivity contribution is -0.137. The van der Waals surface area contributed by atoms with Crippen LogP contribution in [0.4, 0.5) is 18.9 Å². The van der Waals surface area contributed by atoms with Crippen LogP contribution in [0.15, 0.2) is 36.4 Å². The summed E-state index contributed by atoms with van der Waals surface area (Å²) < 4.78 is 44.3. The van der Waals surface area contributed by atoms with Crippen molar-refractivity contribution in [1.29, 1.82) is 0 Å². The molecule has 2 rings (SSSR count). The lowest BCUT2D eigenvalue weighted by Gasteiger charge is -2.18. The van der Waals surface area contributed by atoms with Gasteiger partial charge in [0.05, 0.1) is 17.1 Å². The van der Waals surface area contributed by atoms with Gasteiger partial charge in [-0.15, -0.1) is 0 Å². The third-order valence-corrected chi connectivity index (χ3v) is 4.44. The Bertz CT molecular complexity index is 896. The van der Waals surface area contributed by atoms with Crippen molar-refractivity contribution < 1.29 is 27.5 Å². The number of nitrogens with zero attached hydrogens (tertiary/aromatic N) is 1. The highest BCUT2D eigenvalue weighted by atomic mass is 35.5. The fourth-order valence-corrected chi connectivity index (χ4v) is 2.82. The molecule has 0 aromatic heterocycles. The summed E-state index contributed by atoms with van der Waals surface area (Å²) in [5, 5.41) is 1.86. The van der Waals surface area contributed by atoms with E-state index in [0.717, 1.165) is 28.2 Å². The number of anilines is 1. The minimum Gasteiger partial charge on any atom is -0.483 e. The van der Waals surface area contributed by atoms with Gasteiger partial charge < -0.3 is 15.0 Å². The smallest absolute Gasteiger partial charge is 0.417 e. The van der Waals surface area contributed by atoms with E-state index in [0.29, 0.717) is 5.75 Å². The Balaban J connectivity index is 1.94. The van der Waals surface area contributed by atoms with Crippen molar-refractivity contribution >= 4 is 29.1 Å². The molecular weight excluding hydrogens is 409 g/mol. The zero-order chi connectivity index (χ0) is 21.8. The highest BCUT2D eigenvalue weighted by Crippen LogP contribution is 2.36. The van der Waals surface area contributed by atoms with Gasteiger partial charge in [-0.1, -0.05) is 29.8 Å². The molecule has 2 aromatic carbocycles. The van der Waals surface area contributed by atoms with Gasteiger partial charge in [0.15, 0.2) is 6.61 Å². The van der Waals surface area contributed by atoms with Crippen molar-refractivity contribution in [3.8, 4) is 5.75 Å². The summed E-state index contributed by atoms with van der Waals surface area (Å²) in [5.41, 5.74) is 0.630. The second-order valence-corrected chi connectivity index (χ2v) is 6.91. The average molecular weight is 429 g/mol. The number of likely N-dealkylation sites (N-methyl/N-ethyl adjacent to an activating group) is 1. The summed E-state index contributed by atoms with van der Waals surface area (Å²) in [6.07, 6.45) is -4.64. The molecule has 2 aromatic rings. The number of hydrogen-bond acceptors (Lipinski definition) is 3. The average Bonchev–Trinajstić information content (AvgIpc) is 2.61. The number of aryl methyl sites for hydroxylation is 2. The van der Waals surface area contributed by atoms with E-state index in [4.69, 9.17) is 16.3 Å². The fourth-order valence-electron chi connectivity index (χ4n) is 2.60. The van der Waals surface area contributed by atoms with E-state index in [-0.39, 0.29) is 18.8 Å². The van der Waals surface area contributed by atoms with Gasteiger partial charge in [-0.3, -0.25) is 9.59 Å². The second-order valence-electron chi connectivity index (χ2n) is 6.50. The molecule has 0 aliphatic rings. The van der Waals surface area contributed by atoms with Gasteiger partial charge in [0, 0.05) is 12.7 Å². The molecule has 0 spiro atoms. The largest absolute Gasteiger partial charge is 0.483 e. The molecule has 0 bridgehead atoms. The van der Waals surface area contributed by atoms with Crippen molar-refractivity contribution in [2.24, 2.45) is 0 Å². The summed E-state index contributed by atoms with van der Waals surface area (Å²) in [7, 11) is 1.40. The maximum absolute atomic E-state index is 12.9. The molecule has 5 nitrogen and oxygen atoms in total. The van der Waals surface area contributed by atoms with Crippen LogP contribution in [0.25, 0.3) is 0 Å². The number of ether oxygens (including phenoxy) is 1. The highest BCUT2D eigenvalue weighted by Gasteiger charge is 2.33. The molecule has 156 valence electrons. The first-order chi connectivity index (χ1) is 13.5. The van der Waals surface area contributed by atoms with Crippen molar-refractivity contribution in [3.05, 3.63) is 58.1 Å². The predicted molar refractivity (Wildman–Crippen MR) is 104 cm³/mol. The number of halogens is 4. The summed E-state index contributed by atoms with van der Waals surface area (Å²) in [6.45, 7) is 3.09. The van der Waals surface area contributed by atoms with E-state index in [1.807, 2.05) is 32.0 Å². The fraction of sp³-hybridized carbons (Fsp3) is 0.300. The zero-order valence-electron chi connectivity index (χ0n) is 16.1. The Morgan fingerprint density at radius 2 is 1.76 bits per heavy atom. The molecule has 9 heteroatoms.